The van der Waals surface area contributed by atoms with Gasteiger partial charge in [0.25, 0.3) is 0 Å². The van der Waals surface area contributed by atoms with Crippen LogP contribution < -0.4 is 5.32 Å². The second-order valence-corrected chi connectivity index (χ2v) is 4.51. The second kappa shape index (κ2) is 6.41. The average Bonchev–Trinajstić information content (AvgIpc) is 2.33. The zero-order valence-electron chi connectivity index (χ0n) is 9.68. The molecule has 0 aromatic carbocycles. The van der Waals surface area contributed by atoms with Crippen LogP contribution in [0.5, 0.6) is 0 Å². The summed E-state index contributed by atoms with van der Waals surface area (Å²) in [4.78, 5) is 24.0. The van der Waals surface area contributed by atoms with Crippen molar-refractivity contribution in [3.05, 3.63) is 27.9 Å². The number of alkyl halides is 3. The molecule has 1 aromatic heterocycles. The van der Waals surface area contributed by atoms with Crippen molar-refractivity contribution in [2.75, 3.05) is 17.6 Å². The number of anilines is 1. The Labute approximate surface area is 114 Å². The minimum atomic E-state index is -4.40. The number of thioether (sulfide) groups is 1. The summed E-state index contributed by atoms with van der Waals surface area (Å²) < 4.78 is 35.7. The van der Waals surface area contributed by atoms with Crippen LogP contribution in [0.3, 0.4) is 0 Å². The van der Waals surface area contributed by atoms with Crippen molar-refractivity contribution in [1.29, 1.82) is 0 Å². The van der Waals surface area contributed by atoms with Crippen molar-refractivity contribution in [3.8, 4) is 0 Å². The molecule has 11 heteroatoms. The molecule has 0 fully saturated rings. The maximum atomic E-state index is 11.9. The molecular formula is C9H8F3N3O4S. The third-order valence-electron chi connectivity index (χ3n) is 1.95. The van der Waals surface area contributed by atoms with Crippen LogP contribution in [0.1, 0.15) is 10.5 Å². The Balaban J connectivity index is 2.78. The lowest BCUT2D eigenvalue weighted by Gasteiger charge is -2.08. The van der Waals surface area contributed by atoms with Gasteiger partial charge in [0.1, 0.15) is 0 Å². The van der Waals surface area contributed by atoms with E-state index >= 15 is 0 Å². The predicted molar refractivity (Wildman–Crippen MR) is 64.9 cm³/mol. The fourth-order valence-corrected chi connectivity index (χ4v) is 1.62. The first-order valence-electron chi connectivity index (χ1n) is 5.04. The molecule has 1 aromatic rings. The molecule has 0 saturated heterocycles. The quantitative estimate of drug-likeness (QED) is 0.472. The topological polar surface area (TPSA) is 105 Å². The molecule has 0 unspecified atom stereocenters. The summed E-state index contributed by atoms with van der Waals surface area (Å²) in [7, 11) is 0. The summed E-state index contributed by atoms with van der Waals surface area (Å²) in [6.45, 7) is -0.249. The third kappa shape index (κ3) is 4.91. The summed E-state index contributed by atoms with van der Waals surface area (Å²) >= 11 is -0.299. The van der Waals surface area contributed by atoms with Gasteiger partial charge in [0.05, 0.1) is 4.92 Å². The van der Waals surface area contributed by atoms with E-state index in [2.05, 4.69) is 10.3 Å². The van der Waals surface area contributed by atoms with E-state index in [9.17, 15) is 28.1 Å². The van der Waals surface area contributed by atoms with Crippen LogP contribution in [0.2, 0.25) is 0 Å². The molecule has 1 heterocycles. The van der Waals surface area contributed by atoms with Gasteiger partial charge in [-0.2, -0.15) is 13.2 Å². The van der Waals surface area contributed by atoms with Gasteiger partial charge in [-0.1, -0.05) is 0 Å². The highest BCUT2D eigenvalue weighted by molar-refractivity contribution is 8.00. The number of hydrogen-bond donors (Lipinski definition) is 2. The molecule has 0 aliphatic carbocycles. The van der Waals surface area contributed by atoms with Crippen LogP contribution in [0, 0.1) is 10.1 Å². The minimum Gasteiger partial charge on any atom is -0.477 e. The molecule has 2 N–H and O–H groups in total. The summed E-state index contributed by atoms with van der Waals surface area (Å²) in [5.41, 5.74) is -5.35. The number of rotatable bonds is 6. The number of hydrogen-bond acceptors (Lipinski definition) is 6. The van der Waals surface area contributed by atoms with Gasteiger partial charge in [0.15, 0.2) is 5.69 Å². The molecule has 7 nitrogen and oxygen atoms in total. The van der Waals surface area contributed by atoms with E-state index < -0.39 is 27.8 Å². The smallest absolute Gasteiger partial charge is 0.441 e. The second-order valence-electron chi connectivity index (χ2n) is 3.35. The zero-order valence-corrected chi connectivity index (χ0v) is 10.5. The molecule has 0 atom stereocenters. The van der Waals surface area contributed by atoms with Crippen LogP contribution in [0.25, 0.3) is 0 Å². The van der Waals surface area contributed by atoms with Crippen molar-refractivity contribution < 1.29 is 28.0 Å². The number of pyridine rings is 1. The van der Waals surface area contributed by atoms with E-state index in [1.807, 2.05) is 0 Å². The van der Waals surface area contributed by atoms with Gasteiger partial charge in [-0.3, -0.25) is 10.1 Å². The van der Waals surface area contributed by atoms with Crippen molar-refractivity contribution in [3.63, 3.8) is 0 Å². The Hall–Kier alpha value is -2.04. The molecule has 20 heavy (non-hydrogen) atoms. The summed E-state index contributed by atoms with van der Waals surface area (Å²) in [5.74, 6) is -2.16. The number of aromatic nitrogens is 1. The Morgan fingerprint density at radius 3 is 2.65 bits per heavy atom. The standard InChI is InChI=1S/C9H8F3N3O4S/c10-9(11,12)20-4-3-13-7-6(15(18)19)2-1-5(14-7)8(16)17/h1-2H,3-4H2,(H,13,14)(H,16,17). The fraction of sp³-hybridized carbons (Fsp3) is 0.333. The summed E-state index contributed by atoms with van der Waals surface area (Å²) in [6, 6.07) is 1.87. The fourth-order valence-electron chi connectivity index (χ4n) is 1.18. The maximum Gasteiger partial charge on any atom is 0.441 e. The molecular weight excluding hydrogens is 303 g/mol. The van der Waals surface area contributed by atoms with Gasteiger partial charge < -0.3 is 10.4 Å². The largest absolute Gasteiger partial charge is 0.477 e. The summed E-state index contributed by atoms with van der Waals surface area (Å²) in [6.07, 6.45) is 0. The molecule has 1 rings (SSSR count). The Bertz CT molecular complexity index is 524. The van der Waals surface area contributed by atoms with Crippen molar-refractivity contribution >= 4 is 29.2 Å². The monoisotopic (exact) mass is 311 g/mol. The van der Waals surface area contributed by atoms with Crippen LogP contribution in [0.15, 0.2) is 12.1 Å². The van der Waals surface area contributed by atoms with Crippen molar-refractivity contribution in [1.82, 2.24) is 4.98 Å². The normalized spacial score (nSPS) is 11.2. The average molecular weight is 311 g/mol. The van der Waals surface area contributed by atoms with E-state index in [1.54, 1.807) is 0 Å². The van der Waals surface area contributed by atoms with Crippen LogP contribution >= 0.6 is 11.8 Å². The lowest BCUT2D eigenvalue weighted by Crippen LogP contribution is -2.13. The van der Waals surface area contributed by atoms with Gasteiger partial charge in [-0.15, -0.1) is 0 Å². The first kappa shape index (κ1) is 16.0. The zero-order chi connectivity index (χ0) is 15.3. The van der Waals surface area contributed by atoms with E-state index in [0.29, 0.717) is 0 Å². The van der Waals surface area contributed by atoms with E-state index in [1.165, 1.54) is 0 Å². The van der Waals surface area contributed by atoms with Gasteiger partial charge in [-0.05, 0) is 17.8 Å². The number of carbonyl (C=O) groups is 1. The third-order valence-corrected chi connectivity index (χ3v) is 2.69. The summed E-state index contributed by atoms with van der Waals surface area (Å²) in [5, 5.41) is 21.7. The van der Waals surface area contributed by atoms with Gasteiger partial charge in [-0.25, -0.2) is 9.78 Å². The molecule has 110 valence electrons. The van der Waals surface area contributed by atoms with Crippen molar-refractivity contribution in [2.45, 2.75) is 5.51 Å². The number of halogens is 3. The SMILES string of the molecule is O=C(O)c1ccc([N+](=O)[O-])c(NCCSC(F)(F)F)n1. The molecule has 0 amide bonds. The van der Waals surface area contributed by atoms with Crippen LogP contribution in [-0.2, 0) is 0 Å². The number of aromatic carboxylic acids is 1. The first-order chi connectivity index (χ1) is 9.20. The molecule has 0 radical (unpaired) electrons. The number of nitrogens with zero attached hydrogens (tertiary/aromatic N) is 2. The van der Waals surface area contributed by atoms with Gasteiger partial charge in [0.2, 0.25) is 5.82 Å². The molecule has 0 aliphatic rings. The number of carboxylic acids is 1. The number of carboxylic acid groups (broad SMARTS) is 1. The minimum absolute atomic E-state index is 0.249. The highest BCUT2D eigenvalue weighted by Crippen LogP contribution is 2.30. The maximum absolute atomic E-state index is 11.9. The van der Waals surface area contributed by atoms with Gasteiger partial charge in [0, 0.05) is 18.4 Å². The Morgan fingerprint density at radius 1 is 1.50 bits per heavy atom. The lowest BCUT2D eigenvalue weighted by atomic mass is 10.3. The van der Waals surface area contributed by atoms with E-state index in [0.717, 1.165) is 12.1 Å². The molecule has 0 spiro atoms. The Morgan fingerprint density at radius 2 is 2.15 bits per heavy atom. The highest BCUT2D eigenvalue weighted by atomic mass is 32.2. The Kier molecular flexibility index (Phi) is 5.13. The predicted octanol–water partition coefficient (Wildman–Crippen LogP) is 2.35. The number of nitro groups is 1. The molecule has 0 aliphatic heterocycles. The van der Waals surface area contributed by atoms with Gasteiger partial charge >= 0.3 is 17.2 Å². The van der Waals surface area contributed by atoms with E-state index in [-0.39, 0.29) is 29.9 Å². The highest BCUT2D eigenvalue weighted by Gasteiger charge is 2.27. The van der Waals surface area contributed by atoms with Crippen LogP contribution in [-0.4, -0.2) is 38.8 Å². The molecule has 0 bridgehead atoms. The first-order valence-corrected chi connectivity index (χ1v) is 6.02. The number of nitrogens with one attached hydrogen (secondary N) is 1. The van der Waals surface area contributed by atoms with Crippen LogP contribution in [0.4, 0.5) is 24.7 Å². The lowest BCUT2D eigenvalue weighted by molar-refractivity contribution is -0.384. The van der Waals surface area contributed by atoms with E-state index in [4.69, 9.17) is 5.11 Å². The molecule has 0 saturated carbocycles. The van der Waals surface area contributed by atoms with Crippen molar-refractivity contribution in [2.24, 2.45) is 0 Å².